The lowest BCUT2D eigenvalue weighted by Gasteiger charge is -2.06. The van der Waals surface area contributed by atoms with Crippen LogP contribution in [0.3, 0.4) is 0 Å². The average molecular weight is 468 g/mol. The van der Waals surface area contributed by atoms with Crippen molar-refractivity contribution < 1.29 is 4.39 Å². The summed E-state index contributed by atoms with van der Waals surface area (Å²) in [6, 6.07) is 16.4. The number of hydrogen-bond donors (Lipinski definition) is 1. The van der Waals surface area contributed by atoms with Gasteiger partial charge in [0.25, 0.3) is 0 Å². The number of imidazole rings is 1. The van der Waals surface area contributed by atoms with Crippen LogP contribution in [0.5, 0.6) is 0 Å². The van der Waals surface area contributed by atoms with E-state index in [4.69, 9.17) is 4.99 Å². The van der Waals surface area contributed by atoms with Crippen molar-refractivity contribution in [2.24, 2.45) is 10.9 Å². The summed E-state index contributed by atoms with van der Waals surface area (Å²) in [5.74, 6) is 1.37. The lowest BCUT2D eigenvalue weighted by Crippen LogP contribution is -2.06. The SMILES string of the molecule is CC(C)C1=Nc2cc3sc4cc(-c5ccc(-c6cnc(C(C)C)[nH]6)c(F)c5)ccc4c3cc2C1. The number of aliphatic imine (C=N–C) groups is 1. The van der Waals surface area contributed by atoms with Gasteiger partial charge in [-0.25, -0.2) is 9.37 Å². The molecule has 0 bridgehead atoms. The van der Waals surface area contributed by atoms with Crippen LogP contribution in [0.25, 0.3) is 42.6 Å². The number of aromatic nitrogens is 2. The summed E-state index contributed by atoms with van der Waals surface area (Å²) >= 11 is 1.78. The second-order valence-electron chi connectivity index (χ2n) is 9.76. The third-order valence-corrected chi connectivity index (χ3v) is 7.82. The number of fused-ring (bicyclic) bond motifs is 4. The third kappa shape index (κ3) is 3.46. The summed E-state index contributed by atoms with van der Waals surface area (Å²) in [6.07, 6.45) is 2.65. The van der Waals surface area contributed by atoms with E-state index in [2.05, 4.69) is 68.0 Å². The van der Waals surface area contributed by atoms with Crippen molar-refractivity contribution in [3.05, 3.63) is 71.9 Å². The molecule has 0 saturated heterocycles. The number of benzene rings is 3. The van der Waals surface area contributed by atoms with E-state index in [1.807, 2.05) is 12.1 Å². The smallest absolute Gasteiger partial charge is 0.133 e. The molecule has 0 aliphatic carbocycles. The largest absolute Gasteiger partial charge is 0.342 e. The van der Waals surface area contributed by atoms with Crippen LogP contribution in [0.4, 0.5) is 10.1 Å². The summed E-state index contributed by atoms with van der Waals surface area (Å²) in [5.41, 5.74) is 6.84. The zero-order valence-corrected chi connectivity index (χ0v) is 20.6. The van der Waals surface area contributed by atoms with Gasteiger partial charge < -0.3 is 4.98 Å². The molecule has 0 fully saturated rings. The van der Waals surface area contributed by atoms with Gasteiger partial charge in [0.2, 0.25) is 0 Å². The fourth-order valence-corrected chi connectivity index (χ4v) is 5.84. The van der Waals surface area contributed by atoms with Gasteiger partial charge in [0, 0.05) is 43.8 Å². The molecule has 170 valence electrons. The summed E-state index contributed by atoms with van der Waals surface area (Å²) in [7, 11) is 0. The van der Waals surface area contributed by atoms with Crippen LogP contribution < -0.4 is 0 Å². The average Bonchev–Trinajstić information content (AvgIpc) is 3.53. The Morgan fingerprint density at radius 3 is 2.38 bits per heavy atom. The first-order valence-electron chi connectivity index (χ1n) is 11.8. The maximum absolute atomic E-state index is 15.1. The molecule has 3 nitrogen and oxygen atoms in total. The van der Waals surface area contributed by atoms with Gasteiger partial charge in [-0.2, -0.15) is 0 Å². The van der Waals surface area contributed by atoms with Gasteiger partial charge in [-0.15, -0.1) is 11.3 Å². The summed E-state index contributed by atoms with van der Waals surface area (Å²) < 4.78 is 17.5. The van der Waals surface area contributed by atoms with E-state index in [0.29, 0.717) is 17.2 Å². The number of nitrogens with zero attached hydrogens (tertiary/aromatic N) is 2. The number of thiophene rings is 1. The number of H-pyrrole nitrogens is 1. The van der Waals surface area contributed by atoms with Crippen LogP contribution in [-0.2, 0) is 6.42 Å². The summed E-state index contributed by atoms with van der Waals surface area (Å²) in [5, 5.41) is 2.53. The van der Waals surface area contributed by atoms with Crippen molar-refractivity contribution in [3.63, 3.8) is 0 Å². The molecule has 5 heteroatoms. The number of halogens is 1. The first kappa shape index (κ1) is 21.2. The predicted octanol–water partition coefficient (Wildman–Crippen LogP) is 8.66. The monoisotopic (exact) mass is 467 g/mol. The molecule has 1 aliphatic rings. The Balaban J connectivity index is 1.37. The van der Waals surface area contributed by atoms with Gasteiger partial charge in [-0.05, 0) is 52.9 Å². The minimum absolute atomic E-state index is 0.247. The first-order chi connectivity index (χ1) is 16.4. The van der Waals surface area contributed by atoms with E-state index in [1.165, 1.54) is 31.4 Å². The van der Waals surface area contributed by atoms with Crippen LogP contribution in [0, 0.1) is 11.7 Å². The Bertz CT molecular complexity index is 1600. The zero-order chi connectivity index (χ0) is 23.6. The number of rotatable bonds is 4. The van der Waals surface area contributed by atoms with Crippen LogP contribution in [0.1, 0.15) is 45.0 Å². The van der Waals surface area contributed by atoms with Gasteiger partial charge in [0.05, 0.1) is 17.6 Å². The summed E-state index contributed by atoms with van der Waals surface area (Å²) in [4.78, 5) is 12.5. The van der Waals surface area contributed by atoms with E-state index in [9.17, 15) is 0 Å². The Kier molecular flexibility index (Phi) is 4.92. The van der Waals surface area contributed by atoms with Crippen molar-refractivity contribution in [2.75, 3.05) is 0 Å². The van der Waals surface area contributed by atoms with Gasteiger partial charge in [0.15, 0.2) is 0 Å². The van der Waals surface area contributed by atoms with Gasteiger partial charge >= 0.3 is 0 Å². The molecule has 5 aromatic rings. The highest BCUT2D eigenvalue weighted by Crippen LogP contribution is 2.41. The number of aromatic amines is 1. The molecule has 0 atom stereocenters. The van der Waals surface area contributed by atoms with E-state index in [1.54, 1.807) is 23.6 Å². The van der Waals surface area contributed by atoms with Crippen LogP contribution in [0.15, 0.2) is 59.7 Å². The topological polar surface area (TPSA) is 41.0 Å². The number of hydrogen-bond acceptors (Lipinski definition) is 3. The highest BCUT2D eigenvalue weighted by molar-refractivity contribution is 7.25. The summed E-state index contributed by atoms with van der Waals surface area (Å²) in [6.45, 7) is 8.54. The van der Waals surface area contributed by atoms with Crippen molar-refractivity contribution in [1.29, 1.82) is 0 Å². The van der Waals surface area contributed by atoms with E-state index < -0.39 is 0 Å². The first-order valence-corrected chi connectivity index (χ1v) is 12.6. The molecular formula is C29H26FN3S. The maximum Gasteiger partial charge on any atom is 0.133 e. The Hall–Kier alpha value is -3.31. The molecule has 0 spiro atoms. The normalized spacial score (nSPS) is 13.4. The van der Waals surface area contributed by atoms with Gasteiger partial charge in [0.1, 0.15) is 11.6 Å². The van der Waals surface area contributed by atoms with Crippen molar-refractivity contribution in [1.82, 2.24) is 9.97 Å². The fraction of sp³-hybridized carbons (Fsp3) is 0.241. The Labute approximate surface area is 202 Å². The van der Waals surface area contributed by atoms with E-state index in [-0.39, 0.29) is 11.7 Å². The molecule has 1 N–H and O–H groups in total. The zero-order valence-electron chi connectivity index (χ0n) is 19.7. The molecule has 1 aliphatic heterocycles. The Morgan fingerprint density at radius 1 is 0.882 bits per heavy atom. The lowest BCUT2D eigenvalue weighted by molar-refractivity contribution is 0.631. The molecule has 34 heavy (non-hydrogen) atoms. The van der Waals surface area contributed by atoms with Gasteiger partial charge in [-0.1, -0.05) is 45.9 Å². The lowest BCUT2D eigenvalue weighted by atomic mass is 9.99. The van der Waals surface area contributed by atoms with Crippen molar-refractivity contribution >= 4 is 42.9 Å². The highest BCUT2D eigenvalue weighted by Gasteiger charge is 2.19. The molecule has 6 rings (SSSR count). The van der Waals surface area contributed by atoms with Crippen molar-refractivity contribution in [2.45, 2.75) is 40.0 Å². The third-order valence-electron chi connectivity index (χ3n) is 6.71. The second-order valence-corrected chi connectivity index (χ2v) is 10.8. The molecule has 0 radical (unpaired) electrons. The highest BCUT2D eigenvalue weighted by atomic mass is 32.1. The molecule has 3 aromatic carbocycles. The predicted molar refractivity (Wildman–Crippen MR) is 142 cm³/mol. The molecule has 0 unspecified atom stereocenters. The molecule has 2 aromatic heterocycles. The van der Waals surface area contributed by atoms with Crippen LogP contribution in [0.2, 0.25) is 0 Å². The molecule has 0 amide bonds. The molecule has 0 saturated carbocycles. The molecular weight excluding hydrogens is 441 g/mol. The van der Waals surface area contributed by atoms with Crippen LogP contribution in [-0.4, -0.2) is 15.7 Å². The quantitative estimate of drug-likeness (QED) is 0.282. The second kappa shape index (κ2) is 7.88. The maximum atomic E-state index is 15.1. The van der Waals surface area contributed by atoms with E-state index in [0.717, 1.165) is 29.1 Å². The molecule has 3 heterocycles. The van der Waals surface area contributed by atoms with Gasteiger partial charge in [-0.3, -0.25) is 4.99 Å². The minimum Gasteiger partial charge on any atom is -0.342 e. The Morgan fingerprint density at radius 2 is 1.65 bits per heavy atom. The number of nitrogens with one attached hydrogen (secondary N) is 1. The van der Waals surface area contributed by atoms with Crippen LogP contribution >= 0.6 is 11.3 Å². The van der Waals surface area contributed by atoms with E-state index >= 15 is 4.39 Å². The minimum atomic E-state index is -0.247. The fourth-order valence-electron chi connectivity index (χ4n) is 4.68. The van der Waals surface area contributed by atoms with Crippen molar-refractivity contribution in [3.8, 4) is 22.4 Å². The standard InChI is InChI=1S/C29H26FN3S/c1-15(2)24-11-19-9-22-20-7-5-18(12-27(20)34-28(22)13-25(19)32-24)17-6-8-21(23(30)10-17)26-14-31-29(33-26)16(3)4/h5-10,12-16H,11H2,1-4H3,(H,31,33).